The van der Waals surface area contributed by atoms with Crippen molar-refractivity contribution in [2.24, 2.45) is 5.92 Å². The van der Waals surface area contributed by atoms with Crippen LogP contribution < -0.4 is 5.32 Å². The van der Waals surface area contributed by atoms with Crippen molar-refractivity contribution >= 4 is 27.7 Å². The van der Waals surface area contributed by atoms with E-state index in [0.29, 0.717) is 5.92 Å². The Morgan fingerprint density at radius 3 is 2.81 bits per heavy atom. The Hall–Kier alpha value is -1.38. The summed E-state index contributed by atoms with van der Waals surface area (Å²) in [6.07, 6.45) is 1.90. The number of nitrogens with one attached hydrogen (secondary N) is 1. The second-order valence-corrected chi connectivity index (χ2v) is 7.22. The quantitative estimate of drug-likeness (QED) is 0.457. The summed E-state index contributed by atoms with van der Waals surface area (Å²) in [5, 5.41) is 24.2. The van der Waals surface area contributed by atoms with Gasteiger partial charge in [0.25, 0.3) is 0 Å². The fraction of sp³-hybridized carbons (Fsp3) is 0.538. The topological polar surface area (TPSA) is 81.0 Å². The molecule has 8 heteroatoms. The standard InChI is InChI=1S/C13H18N4O2S2/c1-9(2)8-14-7-3-4-11-15-16-13(21-11)10-5-6-12(20-10)17(18)19/h5-6,9,14H,3-4,7-8H2,1-2H3. The fourth-order valence-electron chi connectivity index (χ4n) is 1.75. The van der Waals surface area contributed by atoms with E-state index in [4.69, 9.17) is 0 Å². The van der Waals surface area contributed by atoms with Crippen molar-refractivity contribution in [3.05, 3.63) is 27.3 Å². The van der Waals surface area contributed by atoms with E-state index in [2.05, 4.69) is 29.4 Å². The van der Waals surface area contributed by atoms with Gasteiger partial charge in [-0.15, -0.1) is 10.2 Å². The minimum atomic E-state index is -0.378. The second kappa shape index (κ2) is 7.58. The summed E-state index contributed by atoms with van der Waals surface area (Å²) in [4.78, 5) is 11.1. The van der Waals surface area contributed by atoms with Crippen LogP contribution in [0.15, 0.2) is 12.1 Å². The van der Waals surface area contributed by atoms with Crippen LogP contribution in [0.4, 0.5) is 5.00 Å². The molecule has 0 atom stereocenters. The Morgan fingerprint density at radius 1 is 1.33 bits per heavy atom. The van der Waals surface area contributed by atoms with E-state index >= 15 is 0 Å². The van der Waals surface area contributed by atoms with Gasteiger partial charge in [0, 0.05) is 12.5 Å². The fourth-order valence-corrected chi connectivity index (χ4v) is 3.50. The Balaban J connectivity index is 1.84. The molecule has 0 fully saturated rings. The van der Waals surface area contributed by atoms with Crippen LogP contribution in [0.3, 0.4) is 0 Å². The van der Waals surface area contributed by atoms with Gasteiger partial charge in [0.1, 0.15) is 5.01 Å². The summed E-state index contributed by atoms with van der Waals surface area (Å²) in [7, 11) is 0. The van der Waals surface area contributed by atoms with E-state index in [1.165, 1.54) is 17.4 Å². The number of rotatable bonds is 8. The van der Waals surface area contributed by atoms with E-state index in [1.807, 2.05) is 0 Å². The maximum Gasteiger partial charge on any atom is 0.324 e. The monoisotopic (exact) mass is 326 g/mol. The van der Waals surface area contributed by atoms with Crippen molar-refractivity contribution in [3.63, 3.8) is 0 Å². The third kappa shape index (κ3) is 4.83. The molecule has 0 aliphatic carbocycles. The molecule has 0 aliphatic rings. The van der Waals surface area contributed by atoms with Crippen LogP contribution in [-0.4, -0.2) is 28.2 Å². The van der Waals surface area contributed by atoms with Crippen LogP contribution in [0.25, 0.3) is 9.88 Å². The highest BCUT2D eigenvalue weighted by molar-refractivity contribution is 7.23. The van der Waals surface area contributed by atoms with Gasteiger partial charge in [0.2, 0.25) is 0 Å². The van der Waals surface area contributed by atoms with Crippen molar-refractivity contribution < 1.29 is 4.92 Å². The predicted molar refractivity (Wildman–Crippen MR) is 85.9 cm³/mol. The second-order valence-electron chi connectivity index (χ2n) is 5.10. The van der Waals surface area contributed by atoms with Crippen molar-refractivity contribution in [2.75, 3.05) is 13.1 Å². The third-order valence-electron chi connectivity index (χ3n) is 2.75. The molecule has 0 amide bonds. The molecule has 0 unspecified atom stereocenters. The van der Waals surface area contributed by atoms with Gasteiger partial charge in [-0.2, -0.15) is 0 Å². The molecule has 114 valence electrons. The highest BCUT2D eigenvalue weighted by Gasteiger charge is 2.14. The SMILES string of the molecule is CC(C)CNCCCc1nnc(-c2ccc([N+](=O)[O-])s2)s1. The van der Waals surface area contributed by atoms with Gasteiger partial charge in [0.15, 0.2) is 5.01 Å². The molecule has 0 saturated carbocycles. The van der Waals surface area contributed by atoms with Gasteiger partial charge in [-0.3, -0.25) is 10.1 Å². The lowest BCUT2D eigenvalue weighted by molar-refractivity contribution is -0.380. The van der Waals surface area contributed by atoms with Gasteiger partial charge in [-0.25, -0.2) is 0 Å². The Bertz CT molecular complexity index is 595. The number of nitro groups is 1. The first-order chi connectivity index (χ1) is 10.1. The number of thiophene rings is 1. The zero-order valence-electron chi connectivity index (χ0n) is 12.0. The van der Waals surface area contributed by atoms with Crippen LogP contribution in [0.1, 0.15) is 25.3 Å². The highest BCUT2D eigenvalue weighted by atomic mass is 32.1. The number of hydrogen-bond donors (Lipinski definition) is 1. The molecule has 0 radical (unpaired) electrons. The number of hydrogen-bond acceptors (Lipinski definition) is 7. The maximum absolute atomic E-state index is 10.7. The zero-order valence-corrected chi connectivity index (χ0v) is 13.7. The van der Waals surface area contributed by atoms with Gasteiger partial charge in [-0.05, 0) is 31.5 Å². The molecule has 2 heterocycles. The normalized spacial score (nSPS) is 11.2. The number of nitrogens with zero attached hydrogens (tertiary/aromatic N) is 3. The zero-order chi connectivity index (χ0) is 15.2. The maximum atomic E-state index is 10.7. The van der Waals surface area contributed by atoms with E-state index in [9.17, 15) is 10.1 Å². The van der Waals surface area contributed by atoms with E-state index in [0.717, 1.165) is 52.2 Å². The van der Waals surface area contributed by atoms with E-state index in [1.54, 1.807) is 6.07 Å². The molecule has 1 N–H and O–H groups in total. The number of aromatic nitrogens is 2. The molecule has 0 aliphatic heterocycles. The molecule has 0 aromatic carbocycles. The number of aryl methyl sites for hydroxylation is 1. The first-order valence-electron chi connectivity index (χ1n) is 6.84. The van der Waals surface area contributed by atoms with Crippen molar-refractivity contribution in [3.8, 4) is 9.88 Å². The lowest BCUT2D eigenvalue weighted by atomic mass is 10.2. The Kier molecular flexibility index (Phi) is 5.77. The first kappa shape index (κ1) is 16.0. The summed E-state index contributed by atoms with van der Waals surface area (Å²) >= 11 is 2.65. The van der Waals surface area contributed by atoms with E-state index < -0.39 is 0 Å². The van der Waals surface area contributed by atoms with Crippen LogP contribution in [0, 0.1) is 16.0 Å². The van der Waals surface area contributed by atoms with Gasteiger partial charge in [-0.1, -0.05) is 36.5 Å². The first-order valence-corrected chi connectivity index (χ1v) is 8.47. The minimum Gasteiger partial charge on any atom is -0.316 e. The average Bonchev–Trinajstić information content (AvgIpc) is 3.06. The summed E-state index contributed by atoms with van der Waals surface area (Å²) < 4.78 is 0. The molecule has 2 rings (SSSR count). The average molecular weight is 326 g/mol. The molecule has 21 heavy (non-hydrogen) atoms. The van der Waals surface area contributed by atoms with Gasteiger partial charge in [0.05, 0.1) is 9.80 Å². The molecular formula is C13H18N4O2S2. The lowest BCUT2D eigenvalue weighted by Gasteiger charge is -2.05. The largest absolute Gasteiger partial charge is 0.324 e. The minimum absolute atomic E-state index is 0.139. The lowest BCUT2D eigenvalue weighted by Crippen LogP contribution is -2.21. The smallest absolute Gasteiger partial charge is 0.316 e. The Labute approximate surface area is 131 Å². The molecule has 2 aromatic heterocycles. The predicted octanol–water partition coefficient (Wildman–Crippen LogP) is 3.35. The van der Waals surface area contributed by atoms with E-state index in [-0.39, 0.29) is 9.92 Å². The van der Waals surface area contributed by atoms with Crippen LogP contribution in [0.5, 0.6) is 0 Å². The van der Waals surface area contributed by atoms with Crippen molar-refractivity contribution in [1.29, 1.82) is 0 Å². The summed E-state index contributed by atoms with van der Waals surface area (Å²) in [5.74, 6) is 0.660. The Morgan fingerprint density at radius 2 is 2.14 bits per heavy atom. The van der Waals surface area contributed by atoms with Crippen LogP contribution in [0.2, 0.25) is 0 Å². The van der Waals surface area contributed by atoms with Gasteiger partial charge < -0.3 is 5.32 Å². The van der Waals surface area contributed by atoms with Crippen molar-refractivity contribution in [2.45, 2.75) is 26.7 Å². The van der Waals surface area contributed by atoms with Crippen LogP contribution >= 0.6 is 22.7 Å². The summed E-state index contributed by atoms with van der Waals surface area (Å²) in [5.41, 5.74) is 0. The molecule has 0 bridgehead atoms. The molecule has 2 aromatic rings. The molecule has 0 spiro atoms. The highest BCUT2D eigenvalue weighted by Crippen LogP contribution is 2.34. The van der Waals surface area contributed by atoms with Crippen LogP contribution in [-0.2, 0) is 6.42 Å². The third-order valence-corrected chi connectivity index (χ3v) is 4.94. The molecule has 6 nitrogen and oxygen atoms in total. The van der Waals surface area contributed by atoms with Gasteiger partial charge >= 0.3 is 5.00 Å². The van der Waals surface area contributed by atoms with Crippen molar-refractivity contribution in [1.82, 2.24) is 15.5 Å². The summed E-state index contributed by atoms with van der Waals surface area (Å²) in [6.45, 7) is 6.37. The summed E-state index contributed by atoms with van der Waals surface area (Å²) in [6, 6.07) is 3.24. The molecule has 0 saturated heterocycles. The molecular weight excluding hydrogens is 308 g/mol.